The lowest BCUT2D eigenvalue weighted by atomic mass is 9.95. The number of carbonyl (C=O) groups excluding carboxylic acids is 1. The van der Waals surface area contributed by atoms with Crippen molar-refractivity contribution in [2.24, 2.45) is 0 Å². The number of halogens is 1. The van der Waals surface area contributed by atoms with Gasteiger partial charge < -0.3 is 0 Å². The van der Waals surface area contributed by atoms with Gasteiger partial charge >= 0.3 is 0 Å². The summed E-state index contributed by atoms with van der Waals surface area (Å²) in [4.78, 5) is 12.2. The lowest BCUT2D eigenvalue weighted by Crippen LogP contribution is -2.04. The largest absolute Gasteiger partial charge is 0.289 e. The van der Waals surface area contributed by atoms with Crippen LogP contribution in [0.15, 0.2) is 23.1 Å². The summed E-state index contributed by atoms with van der Waals surface area (Å²) in [6.45, 7) is 0. The van der Waals surface area contributed by atoms with Crippen LogP contribution < -0.4 is 0 Å². The molecule has 1 aliphatic rings. The predicted octanol–water partition coefficient (Wildman–Crippen LogP) is 4.82. The summed E-state index contributed by atoms with van der Waals surface area (Å²) in [5, 5.41) is 1.98. The second kappa shape index (κ2) is 5.96. The zero-order valence-corrected chi connectivity index (χ0v) is 12.1. The van der Waals surface area contributed by atoms with Gasteiger partial charge in [0.25, 0.3) is 0 Å². The fourth-order valence-corrected chi connectivity index (χ4v) is 3.34. The van der Waals surface area contributed by atoms with Crippen LogP contribution in [-0.4, -0.2) is 5.78 Å². The molecule has 0 saturated carbocycles. The number of rotatable bonds is 2. The van der Waals surface area contributed by atoms with Crippen molar-refractivity contribution in [1.82, 2.24) is 0 Å². The second-order valence-electron chi connectivity index (χ2n) is 4.15. The summed E-state index contributed by atoms with van der Waals surface area (Å²) >= 11 is 3.91. The Hall–Kier alpha value is -0.160. The minimum atomic E-state index is 0.251. The number of hydrogen-bond acceptors (Lipinski definition) is 2. The summed E-state index contributed by atoms with van der Waals surface area (Å²) in [6, 6.07) is 1.99. The van der Waals surface area contributed by atoms with E-state index in [9.17, 15) is 4.79 Å². The molecule has 1 aromatic heterocycles. The number of thiophene rings is 1. The van der Waals surface area contributed by atoms with Gasteiger partial charge in [0.1, 0.15) is 0 Å². The summed E-state index contributed by atoms with van der Waals surface area (Å²) in [7, 11) is 0. The van der Waals surface area contributed by atoms with Gasteiger partial charge in [0.15, 0.2) is 5.78 Å². The third kappa shape index (κ3) is 3.17. The summed E-state index contributed by atoms with van der Waals surface area (Å²) in [6.07, 6.45) is 9.18. The van der Waals surface area contributed by atoms with Crippen LogP contribution in [0.25, 0.3) is 0 Å². The van der Waals surface area contributed by atoms with E-state index in [0.717, 1.165) is 24.0 Å². The van der Waals surface area contributed by atoms with E-state index in [2.05, 4.69) is 28.7 Å². The molecule has 2 rings (SSSR count). The summed E-state index contributed by atoms with van der Waals surface area (Å²) in [5.74, 6) is 0.251. The number of allylic oxidation sites excluding steroid dienone is 2. The van der Waals surface area contributed by atoms with E-state index in [1.54, 1.807) is 11.3 Å². The van der Waals surface area contributed by atoms with Crippen molar-refractivity contribution in [3.63, 3.8) is 0 Å². The van der Waals surface area contributed by atoms with Crippen LogP contribution >= 0.6 is 33.9 Å². The standard InChI is InChI=1S/C13H15IOS/c14-12-8-11(9-16-12)13(15)10-6-4-2-1-3-5-7-10/h6,8-9H,1-5,7H2. The lowest BCUT2D eigenvalue weighted by Gasteiger charge is -2.09. The first-order chi connectivity index (χ1) is 7.77. The zero-order chi connectivity index (χ0) is 11.4. The maximum absolute atomic E-state index is 12.2. The Morgan fingerprint density at radius 3 is 2.81 bits per heavy atom. The van der Waals surface area contributed by atoms with Crippen molar-refractivity contribution >= 4 is 39.7 Å². The van der Waals surface area contributed by atoms with Gasteiger partial charge in [-0.25, -0.2) is 0 Å². The Labute approximate surface area is 114 Å². The van der Waals surface area contributed by atoms with Crippen molar-refractivity contribution in [3.05, 3.63) is 31.5 Å². The van der Waals surface area contributed by atoms with Gasteiger partial charge in [0.05, 0.1) is 2.88 Å². The van der Waals surface area contributed by atoms with Gasteiger partial charge in [-0.15, -0.1) is 11.3 Å². The van der Waals surface area contributed by atoms with Crippen molar-refractivity contribution in [2.45, 2.75) is 38.5 Å². The summed E-state index contributed by atoms with van der Waals surface area (Å²) < 4.78 is 1.19. The lowest BCUT2D eigenvalue weighted by molar-refractivity contribution is 0.103. The Kier molecular flexibility index (Phi) is 4.58. The minimum absolute atomic E-state index is 0.251. The first-order valence-corrected chi connectivity index (χ1v) is 7.71. The van der Waals surface area contributed by atoms with Gasteiger partial charge in [-0.2, -0.15) is 0 Å². The van der Waals surface area contributed by atoms with E-state index < -0.39 is 0 Å². The molecule has 0 radical (unpaired) electrons. The minimum Gasteiger partial charge on any atom is -0.289 e. The molecule has 0 atom stereocenters. The molecular weight excluding hydrogens is 331 g/mol. The number of Topliss-reactive ketones (excluding diaryl/α,β-unsaturated/α-hetero) is 1. The molecular formula is C13H15IOS. The van der Waals surface area contributed by atoms with Crippen LogP contribution in [0, 0.1) is 2.88 Å². The quantitative estimate of drug-likeness (QED) is 0.554. The van der Waals surface area contributed by atoms with E-state index in [-0.39, 0.29) is 5.78 Å². The third-order valence-corrected chi connectivity index (χ3v) is 4.70. The fraction of sp³-hybridized carbons (Fsp3) is 0.462. The molecule has 0 spiro atoms. The van der Waals surface area contributed by atoms with Gasteiger partial charge in [-0.1, -0.05) is 18.9 Å². The molecule has 0 N–H and O–H groups in total. The molecule has 0 aromatic carbocycles. The molecule has 0 saturated heterocycles. The molecule has 1 aliphatic carbocycles. The molecule has 0 unspecified atom stereocenters. The van der Waals surface area contributed by atoms with Crippen LogP contribution in [0.4, 0.5) is 0 Å². The molecule has 86 valence electrons. The van der Waals surface area contributed by atoms with Crippen LogP contribution in [-0.2, 0) is 0 Å². The Morgan fingerprint density at radius 2 is 2.06 bits per heavy atom. The second-order valence-corrected chi connectivity index (χ2v) is 6.96. The Balaban J connectivity index is 2.13. The van der Waals surface area contributed by atoms with E-state index in [0.29, 0.717) is 0 Å². The molecule has 0 bridgehead atoms. The zero-order valence-electron chi connectivity index (χ0n) is 9.17. The molecule has 3 heteroatoms. The normalized spacial score (nSPS) is 17.4. The topological polar surface area (TPSA) is 17.1 Å². The van der Waals surface area contributed by atoms with Gasteiger partial charge in [-0.3, -0.25) is 4.79 Å². The first-order valence-electron chi connectivity index (χ1n) is 5.75. The number of ketones is 1. The van der Waals surface area contributed by atoms with Crippen LogP contribution in [0.2, 0.25) is 0 Å². The van der Waals surface area contributed by atoms with Crippen molar-refractivity contribution in [3.8, 4) is 0 Å². The van der Waals surface area contributed by atoms with Crippen molar-refractivity contribution < 1.29 is 4.79 Å². The summed E-state index contributed by atoms with van der Waals surface area (Å²) in [5.41, 5.74) is 1.91. The van der Waals surface area contributed by atoms with Crippen LogP contribution in [0.3, 0.4) is 0 Å². The highest BCUT2D eigenvalue weighted by Crippen LogP contribution is 2.23. The van der Waals surface area contributed by atoms with Gasteiger partial charge in [0.2, 0.25) is 0 Å². The Bertz CT molecular complexity index is 406. The van der Waals surface area contributed by atoms with Crippen molar-refractivity contribution in [2.75, 3.05) is 0 Å². The SMILES string of the molecule is O=C(C1=CCCCCCC1)c1csc(I)c1. The average molecular weight is 346 g/mol. The van der Waals surface area contributed by atoms with Gasteiger partial charge in [-0.05, 0) is 59.9 Å². The molecule has 1 heterocycles. The highest BCUT2D eigenvalue weighted by Gasteiger charge is 2.14. The maximum atomic E-state index is 12.2. The molecule has 1 nitrogen and oxygen atoms in total. The van der Waals surface area contributed by atoms with Gasteiger partial charge in [0, 0.05) is 10.9 Å². The van der Waals surface area contributed by atoms with E-state index in [4.69, 9.17) is 0 Å². The molecule has 0 aliphatic heterocycles. The maximum Gasteiger partial charge on any atom is 0.189 e. The average Bonchev–Trinajstić information content (AvgIpc) is 2.63. The first kappa shape index (κ1) is 12.3. The highest BCUT2D eigenvalue weighted by molar-refractivity contribution is 14.1. The monoisotopic (exact) mass is 346 g/mol. The number of hydrogen-bond donors (Lipinski definition) is 0. The van der Waals surface area contributed by atoms with E-state index in [1.807, 2.05) is 11.4 Å². The van der Waals surface area contributed by atoms with E-state index in [1.165, 1.54) is 28.6 Å². The fourth-order valence-electron chi connectivity index (χ4n) is 2.01. The smallest absolute Gasteiger partial charge is 0.189 e. The van der Waals surface area contributed by atoms with Crippen molar-refractivity contribution in [1.29, 1.82) is 0 Å². The highest BCUT2D eigenvalue weighted by atomic mass is 127. The van der Waals surface area contributed by atoms with Crippen LogP contribution in [0.1, 0.15) is 48.9 Å². The number of carbonyl (C=O) groups is 1. The predicted molar refractivity (Wildman–Crippen MR) is 77.2 cm³/mol. The third-order valence-electron chi connectivity index (χ3n) is 2.91. The molecule has 0 fully saturated rings. The molecule has 1 aromatic rings. The molecule has 0 amide bonds. The van der Waals surface area contributed by atoms with Crippen LogP contribution in [0.5, 0.6) is 0 Å². The molecule has 16 heavy (non-hydrogen) atoms. The van der Waals surface area contributed by atoms with E-state index >= 15 is 0 Å². The Morgan fingerprint density at radius 1 is 1.25 bits per heavy atom.